The third-order valence-corrected chi connectivity index (χ3v) is 1.62. The van der Waals surface area contributed by atoms with Crippen LogP contribution in [-0.2, 0) is 11.8 Å². The van der Waals surface area contributed by atoms with Crippen molar-refractivity contribution in [1.29, 1.82) is 5.26 Å². The molecule has 6 heteroatoms. The fourth-order valence-electron chi connectivity index (χ4n) is 1.01. The van der Waals surface area contributed by atoms with Crippen LogP contribution in [-0.4, -0.2) is 22.0 Å². The molecule has 6 nitrogen and oxygen atoms in total. The van der Waals surface area contributed by atoms with E-state index in [1.807, 2.05) is 6.07 Å². The SMILES string of the molecule is CC(C)OC(=O)Nc1c(C#N)cnn1C. The second kappa shape index (κ2) is 4.46. The zero-order valence-corrected chi connectivity index (χ0v) is 8.81. The predicted octanol–water partition coefficient (Wildman–Crippen LogP) is 1.25. The standard InChI is InChI=1S/C9H12N4O2/c1-6(2)15-9(14)12-8-7(4-10)5-11-13(8)3/h5-6H,1-3H3,(H,12,14). The summed E-state index contributed by atoms with van der Waals surface area (Å²) >= 11 is 0. The molecule has 80 valence electrons. The molecule has 1 aromatic heterocycles. The zero-order valence-electron chi connectivity index (χ0n) is 8.81. The molecule has 1 heterocycles. The van der Waals surface area contributed by atoms with Gasteiger partial charge in [0.2, 0.25) is 0 Å². The molecule has 0 saturated heterocycles. The molecule has 0 aliphatic carbocycles. The van der Waals surface area contributed by atoms with E-state index >= 15 is 0 Å². The lowest BCUT2D eigenvalue weighted by Crippen LogP contribution is -2.20. The average molecular weight is 208 g/mol. The third kappa shape index (κ3) is 2.71. The number of hydrogen-bond acceptors (Lipinski definition) is 4. The van der Waals surface area contributed by atoms with Crippen molar-refractivity contribution in [3.05, 3.63) is 11.8 Å². The van der Waals surface area contributed by atoms with Crippen molar-refractivity contribution in [3.8, 4) is 6.07 Å². The molecule has 1 aromatic rings. The highest BCUT2D eigenvalue weighted by atomic mass is 16.6. The first-order chi connectivity index (χ1) is 7.04. The van der Waals surface area contributed by atoms with Gasteiger partial charge in [-0.3, -0.25) is 10.00 Å². The predicted molar refractivity (Wildman–Crippen MR) is 53.2 cm³/mol. The van der Waals surface area contributed by atoms with Gasteiger partial charge < -0.3 is 4.74 Å². The largest absolute Gasteiger partial charge is 0.447 e. The molecular weight excluding hydrogens is 196 g/mol. The van der Waals surface area contributed by atoms with E-state index in [1.165, 1.54) is 10.9 Å². The summed E-state index contributed by atoms with van der Waals surface area (Å²) in [5.74, 6) is 0.336. The Kier molecular flexibility index (Phi) is 3.29. The third-order valence-electron chi connectivity index (χ3n) is 1.62. The number of nitrogens with one attached hydrogen (secondary N) is 1. The second-order valence-corrected chi connectivity index (χ2v) is 3.22. The monoisotopic (exact) mass is 208 g/mol. The van der Waals surface area contributed by atoms with Crippen molar-refractivity contribution in [2.24, 2.45) is 7.05 Å². The fraction of sp³-hybridized carbons (Fsp3) is 0.444. The lowest BCUT2D eigenvalue weighted by Gasteiger charge is -2.09. The summed E-state index contributed by atoms with van der Waals surface area (Å²) in [7, 11) is 1.63. The van der Waals surface area contributed by atoms with Gasteiger partial charge in [0.1, 0.15) is 11.6 Å². The minimum absolute atomic E-state index is 0.205. The zero-order chi connectivity index (χ0) is 11.4. The first-order valence-corrected chi connectivity index (χ1v) is 4.44. The molecule has 1 rings (SSSR count). The molecule has 0 bridgehead atoms. The van der Waals surface area contributed by atoms with Crippen LogP contribution in [0.3, 0.4) is 0 Å². The highest BCUT2D eigenvalue weighted by Crippen LogP contribution is 2.12. The number of aromatic nitrogens is 2. The first kappa shape index (κ1) is 11.0. The number of aryl methyl sites for hydroxylation is 1. The molecule has 1 N–H and O–H groups in total. The molecule has 1 amide bonds. The molecule has 0 radical (unpaired) electrons. The van der Waals surface area contributed by atoms with E-state index in [4.69, 9.17) is 10.00 Å². The average Bonchev–Trinajstić information content (AvgIpc) is 2.46. The van der Waals surface area contributed by atoms with E-state index in [0.717, 1.165) is 0 Å². The molecular formula is C9H12N4O2. The summed E-state index contributed by atoms with van der Waals surface area (Å²) in [6.45, 7) is 3.49. The normalized spacial score (nSPS) is 9.80. The van der Waals surface area contributed by atoms with Crippen LogP contribution in [0, 0.1) is 11.3 Å². The summed E-state index contributed by atoms with van der Waals surface area (Å²) in [5, 5.41) is 15.0. The lowest BCUT2D eigenvalue weighted by molar-refractivity contribution is 0.129. The topological polar surface area (TPSA) is 79.9 Å². The number of rotatable bonds is 2. The summed E-state index contributed by atoms with van der Waals surface area (Å²) in [5.41, 5.74) is 0.304. The molecule has 0 fully saturated rings. The van der Waals surface area contributed by atoms with Gasteiger partial charge in [-0.05, 0) is 13.8 Å². The van der Waals surface area contributed by atoms with E-state index in [-0.39, 0.29) is 6.10 Å². The van der Waals surface area contributed by atoms with Gasteiger partial charge in [0.05, 0.1) is 12.3 Å². The Morgan fingerprint density at radius 1 is 1.73 bits per heavy atom. The Bertz CT molecular complexity index is 403. The number of hydrogen-bond donors (Lipinski definition) is 1. The maximum atomic E-state index is 11.3. The Balaban J connectivity index is 2.76. The maximum absolute atomic E-state index is 11.3. The molecule has 15 heavy (non-hydrogen) atoms. The van der Waals surface area contributed by atoms with Gasteiger partial charge in [-0.15, -0.1) is 0 Å². The summed E-state index contributed by atoms with van der Waals surface area (Å²) in [4.78, 5) is 11.3. The van der Waals surface area contributed by atoms with Crippen molar-refractivity contribution < 1.29 is 9.53 Å². The van der Waals surface area contributed by atoms with E-state index < -0.39 is 6.09 Å². The number of carbonyl (C=O) groups is 1. The van der Waals surface area contributed by atoms with Gasteiger partial charge in [0.25, 0.3) is 0 Å². The van der Waals surface area contributed by atoms with Crippen molar-refractivity contribution in [2.75, 3.05) is 5.32 Å². The van der Waals surface area contributed by atoms with E-state index in [1.54, 1.807) is 20.9 Å². The number of amides is 1. The van der Waals surface area contributed by atoms with Gasteiger partial charge in [0.15, 0.2) is 5.82 Å². The molecule has 0 spiro atoms. The highest BCUT2D eigenvalue weighted by molar-refractivity contribution is 5.85. The Hall–Kier alpha value is -2.03. The van der Waals surface area contributed by atoms with Crippen molar-refractivity contribution in [2.45, 2.75) is 20.0 Å². The minimum Gasteiger partial charge on any atom is -0.447 e. The molecule has 0 aliphatic heterocycles. The van der Waals surface area contributed by atoms with Crippen LogP contribution < -0.4 is 5.32 Å². The van der Waals surface area contributed by atoms with Crippen molar-refractivity contribution in [1.82, 2.24) is 9.78 Å². The Labute approximate surface area is 87.4 Å². The van der Waals surface area contributed by atoms with E-state index in [0.29, 0.717) is 11.4 Å². The van der Waals surface area contributed by atoms with Crippen LogP contribution in [0.4, 0.5) is 10.6 Å². The van der Waals surface area contributed by atoms with Gasteiger partial charge in [-0.25, -0.2) is 4.79 Å². The van der Waals surface area contributed by atoms with Gasteiger partial charge in [-0.1, -0.05) is 0 Å². The Morgan fingerprint density at radius 3 is 2.93 bits per heavy atom. The number of anilines is 1. The second-order valence-electron chi connectivity index (χ2n) is 3.22. The number of carbonyl (C=O) groups excluding carboxylic acids is 1. The van der Waals surface area contributed by atoms with Crippen LogP contribution in [0.5, 0.6) is 0 Å². The first-order valence-electron chi connectivity index (χ1n) is 4.44. The van der Waals surface area contributed by atoms with Crippen molar-refractivity contribution >= 4 is 11.9 Å². The number of nitrogens with zero attached hydrogens (tertiary/aromatic N) is 3. The maximum Gasteiger partial charge on any atom is 0.413 e. The number of ether oxygens (including phenoxy) is 1. The Morgan fingerprint density at radius 2 is 2.40 bits per heavy atom. The van der Waals surface area contributed by atoms with Crippen LogP contribution in [0.15, 0.2) is 6.20 Å². The summed E-state index contributed by atoms with van der Waals surface area (Å²) in [6.07, 6.45) is 0.583. The van der Waals surface area contributed by atoms with Crippen LogP contribution in [0.25, 0.3) is 0 Å². The quantitative estimate of drug-likeness (QED) is 0.793. The van der Waals surface area contributed by atoms with Gasteiger partial charge in [-0.2, -0.15) is 10.4 Å². The van der Waals surface area contributed by atoms with Crippen LogP contribution in [0.2, 0.25) is 0 Å². The van der Waals surface area contributed by atoms with Gasteiger partial charge >= 0.3 is 6.09 Å². The molecule has 0 atom stereocenters. The minimum atomic E-state index is -0.592. The van der Waals surface area contributed by atoms with Crippen LogP contribution >= 0.6 is 0 Å². The number of nitriles is 1. The smallest absolute Gasteiger partial charge is 0.413 e. The van der Waals surface area contributed by atoms with Crippen molar-refractivity contribution in [3.63, 3.8) is 0 Å². The van der Waals surface area contributed by atoms with E-state index in [2.05, 4.69) is 10.4 Å². The lowest BCUT2D eigenvalue weighted by atomic mass is 10.3. The van der Waals surface area contributed by atoms with Crippen LogP contribution in [0.1, 0.15) is 19.4 Å². The highest BCUT2D eigenvalue weighted by Gasteiger charge is 2.12. The summed E-state index contributed by atoms with van der Waals surface area (Å²) < 4.78 is 6.28. The fourth-order valence-corrected chi connectivity index (χ4v) is 1.01. The molecule has 0 aliphatic rings. The van der Waals surface area contributed by atoms with E-state index in [9.17, 15) is 4.79 Å². The molecule has 0 unspecified atom stereocenters. The van der Waals surface area contributed by atoms with Gasteiger partial charge in [0, 0.05) is 7.05 Å². The molecule has 0 aromatic carbocycles. The molecule has 0 saturated carbocycles. The summed E-state index contributed by atoms with van der Waals surface area (Å²) in [6, 6.07) is 1.92.